The van der Waals surface area contributed by atoms with Crippen LogP contribution < -0.4 is 5.73 Å². The number of halogens is 1. The molecule has 1 rings (SSSR count). The average Bonchev–Trinajstić information content (AvgIpc) is 2.15. The van der Waals surface area contributed by atoms with Gasteiger partial charge in [-0.1, -0.05) is 36.7 Å². The van der Waals surface area contributed by atoms with Crippen LogP contribution in [0.15, 0.2) is 30.3 Å². The van der Waals surface area contributed by atoms with E-state index in [1.807, 2.05) is 31.2 Å². The van der Waals surface area contributed by atoms with Crippen LogP contribution in [0.2, 0.25) is 5.02 Å². The van der Waals surface area contributed by atoms with Crippen molar-refractivity contribution in [1.29, 1.82) is 0 Å². The maximum absolute atomic E-state index is 5.82. The number of hydrogen-bond donors (Lipinski definition) is 1. The van der Waals surface area contributed by atoms with Gasteiger partial charge in [-0.15, -0.1) is 0 Å². The molecule has 0 aliphatic carbocycles. The van der Waals surface area contributed by atoms with Gasteiger partial charge in [0.2, 0.25) is 0 Å². The summed E-state index contributed by atoms with van der Waals surface area (Å²) in [6.45, 7) is 4.11. The van der Waals surface area contributed by atoms with Crippen molar-refractivity contribution in [3.63, 3.8) is 0 Å². The molecule has 2 N–H and O–H groups in total. The average molecular weight is 210 g/mol. The molecule has 0 fully saturated rings. The van der Waals surface area contributed by atoms with Gasteiger partial charge in [0.25, 0.3) is 0 Å². The van der Waals surface area contributed by atoms with Gasteiger partial charge in [0.1, 0.15) is 0 Å². The molecule has 0 unspecified atom stereocenters. The quantitative estimate of drug-likeness (QED) is 0.811. The van der Waals surface area contributed by atoms with Gasteiger partial charge in [-0.25, -0.2) is 0 Å². The molecule has 0 aliphatic heterocycles. The van der Waals surface area contributed by atoms with E-state index < -0.39 is 0 Å². The van der Waals surface area contributed by atoms with Gasteiger partial charge in [0, 0.05) is 11.1 Å². The lowest BCUT2D eigenvalue weighted by Crippen LogP contribution is -2.11. The van der Waals surface area contributed by atoms with E-state index in [1.165, 1.54) is 11.1 Å². The van der Waals surface area contributed by atoms with Gasteiger partial charge < -0.3 is 5.73 Å². The molecule has 14 heavy (non-hydrogen) atoms. The Bertz CT molecular complexity index is 312. The van der Waals surface area contributed by atoms with Crippen LogP contribution in [0, 0.1) is 0 Å². The first-order valence-electron chi connectivity index (χ1n) is 4.85. The van der Waals surface area contributed by atoms with Crippen LogP contribution >= 0.6 is 11.6 Å². The molecule has 0 saturated heterocycles. The molecule has 0 amide bonds. The lowest BCUT2D eigenvalue weighted by Gasteiger charge is -2.07. The summed E-state index contributed by atoms with van der Waals surface area (Å²) in [4.78, 5) is 0. The Balaban J connectivity index is 2.95. The molecule has 1 atom stereocenters. The minimum atomic E-state index is 0.0978. The smallest absolute Gasteiger partial charge is 0.0406 e. The van der Waals surface area contributed by atoms with Gasteiger partial charge in [0.15, 0.2) is 0 Å². The summed E-state index contributed by atoms with van der Waals surface area (Å²) in [7, 11) is 0. The third-order valence-corrected chi connectivity index (χ3v) is 2.31. The van der Waals surface area contributed by atoms with Gasteiger partial charge in [0.05, 0.1) is 0 Å². The first kappa shape index (κ1) is 11.3. The Morgan fingerprint density at radius 2 is 2.00 bits per heavy atom. The highest BCUT2D eigenvalue weighted by Crippen LogP contribution is 2.20. The van der Waals surface area contributed by atoms with Crippen LogP contribution in [0.5, 0.6) is 0 Å². The van der Waals surface area contributed by atoms with Crippen molar-refractivity contribution < 1.29 is 0 Å². The first-order valence-corrected chi connectivity index (χ1v) is 5.23. The second kappa shape index (κ2) is 5.18. The van der Waals surface area contributed by atoms with Crippen molar-refractivity contribution in [2.75, 3.05) is 0 Å². The monoisotopic (exact) mass is 209 g/mol. The number of hydrogen-bond acceptors (Lipinski definition) is 1. The topological polar surface area (TPSA) is 26.0 Å². The summed E-state index contributed by atoms with van der Waals surface area (Å²) < 4.78 is 0. The van der Waals surface area contributed by atoms with Crippen LogP contribution in [0.4, 0.5) is 0 Å². The van der Waals surface area contributed by atoms with Crippen LogP contribution in [0.25, 0.3) is 5.57 Å². The van der Waals surface area contributed by atoms with Gasteiger partial charge in [-0.2, -0.15) is 0 Å². The normalized spacial score (nSPS) is 14.1. The van der Waals surface area contributed by atoms with Gasteiger partial charge in [-0.05, 0) is 36.6 Å². The Labute approximate surface area is 90.6 Å². The van der Waals surface area contributed by atoms with E-state index in [4.69, 9.17) is 17.3 Å². The fraction of sp³-hybridized carbons (Fsp3) is 0.333. The molecule has 1 aromatic carbocycles. The lowest BCUT2D eigenvalue weighted by atomic mass is 10.0. The zero-order chi connectivity index (χ0) is 10.6. The van der Waals surface area contributed by atoms with Crippen LogP contribution in [0.1, 0.15) is 25.8 Å². The summed E-state index contributed by atoms with van der Waals surface area (Å²) in [6, 6.07) is 7.96. The number of nitrogens with two attached hydrogens (primary N) is 1. The Hall–Kier alpha value is -0.790. The van der Waals surface area contributed by atoms with Gasteiger partial charge in [-0.3, -0.25) is 0 Å². The zero-order valence-electron chi connectivity index (χ0n) is 8.63. The highest BCUT2D eigenvalue weighted by Gasteiger charge is 2.00. The summed E-state index contributed by atoms with van der Waals surface area (Å²) in [5.41, 5.74) is 8.21. The molecular formula is C12H16ClN. The molecule has 0 bridgehead atoms. The van der Waals surface area contributed by atoms with E-state index in [0.29, 0.717) is 0 Å². The largest absolute Gasteiger partial charge is 0.325 e. The van der Waals surface area contributed by atoms with Crippen molar-refractivity contribution in [3.8, 4) is 0 Å². The SMILES string of the molecule is CC/C(=C\[C@H](C)N)c1ccc(Cl)cc1. The fourth-order valence-corrected chi connectivity index (χ4v) is 1.53. The molecular weight excluding hydrogens is 194 g/mol. The predicted octanol–water partition coefficient (Wildman–Crippen LogP) is 3.48. The highest BCUT2D eigenvalue weighted by molar-refractivity contribution is 6.30. The standard InChI is InChI=1S/C12H16ClN/c1-3-10(8-9(2)14)11-4-6-12(13)7-5-11/h4-9H,3,14H2,1-2H3/b10-8+/t9-/m0/s1. The molecule has 0 aromatic heterocycles. The zero-order valence-corrected chi connectivity index (χ0v) is 9.38. The van der Waals surface area contributed by atoms with Crippen molar-refractivity contribution in [3.05, 3.63) is 40.9 Å². The molecule has 2 heteroatoms. The van der Waals surface area contributed by atoms with Crippen LogP contribution in [-0.4, -0.2) is 6.04 Å². The minimum absolute atomic E-state index is 0.0978. The molecule has 76 valence electrons. The van der Waals surface area contributed by atoms with Crippen molar-refractivity contribution >= 4 is 17.2 Å². The molecule has 1 nitrogen and oxygen atoms in total. The first-order chi connectivity index (χ1) is 6.63. The van der Waals surface area contributed by atoms with Crippen molar-refractivity contribution in [2.45, 2.75) is 26.3 Å². The number of benzene rings is 1. The number of allylic oxidation sites excluding steroid dienone is 1. The van der Waals surface area contributed by atoms with E-state index in [2.05, 4.69) is 13.0 Å². The minimum Gasteiger partial charge on any atom is -0.325 e. The van der Waals surface area contributed by atoms with Gasteiger partial charge >= 0.3 is 0 Å². The maximum atomic E-state index is 5.82. The summed E-state index contributed by atoms with van der Waals surface area (Å²) >= 11 is 5.82. The Kier molecular flexibility index (Phi) is 4.18. The Morgan fingerprint density at radius 3 is 2.43 bits per heavy atom. The van der Waals surface area contributed by atoms with E-state index in [9.17, 15) is 0 Å². The van der Waals surface area contributed by atoms with E-state index in [1.54, 1.807) is 0 Å². The maximum Gasteiger partial charge on any atom is 0.0406 e. The molecule has 0 radical (unpaired) electrons. The summed E-state index contributed by atoms with van der Waals surface area (Å²) in [6.07, 6.45) is 3.08. The third kappa shape index (κ3) is 3.17. The van der Waals surface area contributed by atoms with E-state index in [0.717, 1.165) is 11.4 Å². The van der Waals surface area contributed by atoms with E-state index >= 15 is 0 Å². The lowest BCUT2D eigenvalue weighted by molar-refractivity contribution is 0.922. The predicted molar refractivity (Wildman–Crippen MR) is 63.4 cm³/mol. The van der Waals surface area contributed by atoms with Crippen molar-refractivity contribution in [2.24, 2.45) is 5.73 Å². The summed E-state index contributed by atoms with van der Waals surface area (Å²) in [5, 5.41) is 0.769. The van der Waals surface area contributed by atoms with Crippen LogP contribution in [0.3, 0.4) is 0 Å². The second-order valence-electron chi connectivity index (χ2n) is 3.41. The fourth-order valence-electron chi connectivity index (χ4n) is 1.40. The molecule has 1 aromatic rings. The third-order valence-electron chi connectivity index (χ3n) is 2.06. The highest BCUT2D eigenvalue weighted by atomic mass is 35.5. The van der Waals surface area contributed by atoms with Crippen LogP contribution in [-0.2, 0) is 0 Å². The molecule has 0 aliphatic rings. The van der Waals surface area contributed by atoms with Crippen molar-refractivity contribution in [1.82, 2.24) is 0 Å². The molecule has 0 heterocycles. The number of rotatable bonds is 3. The van der Waals surface area contributed by atoms with E-state index in [-0.39, 0.29) is 6.04 Å². The second-order valence-corrected chi connectivity index (χ2v) is 3.85. The molecule has 0 spiro atoms. The Morgan fingerprint density at radius 1 is 1.43 bits per heavy atom. The molecule has 0 saturated carbocycles. The summed E-state index contributed by atoms with van der Waals surface area (Å²) in [5.74, 6) is 0.